The van der Waals surface area contributed by atoms with Crippen molar-refractivity contribution in [2.24, 2.45) is 0 Å². The zero-order valence-corrected chi connectivity index (χ0v) is 18.8. The lowest BCUT2D eigenvalue weighted by atomic mass is 10.1. The summed E-state index contributed by atoms with van der Waals surface area (Å²) in [6.07, 6.45) is 0.330. The fourth-order valence-corrected chi connectivity index (χ4v) is 6.37. The van der Waals surface area contributed by atoms with Gasteiger partial charge in [0, 0.05) is 6.42 Å². The average Bonchev–Trinajstić information content (AvgIpc) is 2.85. The predicted octanol–water partition coefficient (Wildman–Crippen LogP) is 4.34. The Morgan fingerprint density at radius 2 is 1.81 bits per heavy atom. The smallest absolute Gasteiger partial charge is 0.412 e. The van der Waals surface area contributed by atoms with Gasteiger partial charge in [-0.05, 0) is 52.8 Å². The molecule has 1 aliphatic rings. The van der Waals surface area contributed by atoms with E-state index in [1.54, 1.807) is 4.90 Å². The second kappa shape index (κ2) is 8.84. The Hall–Kier alpha value is -0.923. The van der Waals surface area contributed by atoms with E-state index in [9.17, 15) is 9.59 Å². The van der Waals surface area contributed by atoms with Gasteiger partial charge < -0.3 is 18.7 Å². The van der Waals surface area contributed by atoms with Crippen LogP contribution in [0.15, 0.2) is 0 Å². The summed E-state index contributed by atoms with van der Waals surface area (Å²) in [7, 11) is -1.94. The molecule has 0 N–H and O–H groups in total. The van der Waals surface area contributed by atoms with E-state index in [2.05, 4.69) is 20.8 Å². The van der Waals surface area contributed by atoms with Crippen molar-refractivity contribution in [3.05, 3.63) is 0 Å². The maximum atomic E-state index is 12.9. The number of aldehydes is 1. The van der Waals surface area contributed by atoms with Gasteiger partial charge in [-0.2, -0.15) is 0 Å². The molecule has 1 amide bonds. The van der Waals surface area contributed by atoms with E-state index >= 15 is 0 Å². The standard InChI is InChI=1S/C19H37NO5Si/c1-9-26(10-2,11-3)25-16(12-13-21)15-14-23-19(7,8)20(15)17(22)24-18(4,5)6/h13,15-16H,9-12,14H2,1-8H3/t15-,16-/m0/s1. The average molecular weight is 388 g/mol. The number of amides is 1. The predicted molar refractivity (Wildman–Crippen MR) is 105 cm³/mol. The van der Waals surface area contributed by atoms with Crippen LogP contribution >= 0.6 is 0 Å². The summed E-state index contributed by atoms with van der Waals surface area (Å²) < 4.78 is 18.1. The van der Waals surface area contributed by atoms with E-state index in [4.69, 9.17) is 13.9 Å². The first-order valence-electron chi connectivity index (χ1n) is 9.73. The van der Waals surface area contributed by atoms with Crippen LogP contribution in [-0.2, 0) is 18.7 Å². The third-order valence-electron chi connectivity index (χ3n) is 5.20. The molecule has 1 rings (SSSR count). The van der Waals surface area contributed by atoms with Gasteiger partial charge >= 0.3 is 6.09 Å². The molecule has 0 aromatic carbocycles. The first-order valence-corrected chi connectivity index (χ1v) is 12.3. The van der Waals surface area contributed by atoms with Crippen LogP contribution < -0.4 is 0 Å². The first kappa shape index (κ1) is 23.1. The van der Waals surface area contributed by atoms with Crippen LogP contribution in [0.3, 0.4) is 0 Å². The van der Waals surface area contributed by atoms with Crippen molar-refractivity contribution in [1.82, 2.24) is 4.90 Å². The number of hydrogen-bond acceptors (Lipinski definition) is 5. The van der Waals surface area contributed by atoms with E-state index in [1.165, 1.54) is 0 Å². The molecule has 26 heavy (non-hydrogen) atoms. The molecule has 0 unspecified atom stereocenters. The Morgan fingerprint density at radius 1 is 1.27 bits per heavy atom. The van der Waals surface area contributed by atoms with Crippen molar-refractivity contribution >= 4 is 20.7 Å². The largest absolute Gasteiger partial charge is 0.444 e. The number of ether oxygens (including phenoxy) is 2. The molecule has 0 aromatic heterocycles. The fraction of sp³-hybridized carbons (Fsp3) is 0.895. The van der Waals surface area contributed by atoms with Crippen LogP contribution in [0.1, 0.15) is 61.8 Å². The fourth-order valence-electron chi connectivity index (χ4n) is 3.47. The summed E-state index contributed by atoms with van der Waals surface area (Å²) >= 11 is 0. The van der Waals surface area contributed by atoms with Crippen molar-refractivity contribution < 1.29 is 23.5 Å². The van der Waals surface area contributed by atoms with Crippen LogP contribution in [0.4, 0.5) is 4.79 Å². The quantitative estimate of drug-likeness (QED) is 0.458. The number of carbonyl (C=O) groups is 2. The third-order valence-corrected chi connectivity index (χ3v) is 9.87. The van der Waals surface area contributed by atoms with Crippen LogP contribution in [0.2, 0.25) is 18.1 Å². The van der Waals surface area contributed by atoms with Crippen molar-refractivity contribution in [2.75, 3.05) is 6.61 Å². The van der Waals surface area contributed by atoms with Gasteiger partial charge in [0.25, 0.3) is 0 Å². The zero-order chi connectivity index (χ0) is 20.2. The highest BCUT2D eigenvalue weighted by molar-refractivity contribution is 6.73. The van der Waals surface area contributed by atoms with Crippen molar-refractivity contribution in [3.63, 3.8) is 0 Å². The van der Waals surface area contributed by atoms with E-state index < -0.39 is 25.7 Å². The molecule has 0 saturated carbocycles. The Morgan fingerprint density at radius 3 is 2.23 bits per heavy atom. The minimum atomic E-state index is -1.94. The van der Waals surface area contributed by atoms with Gasteiger partial charge in [-0.1, -0.05) is 20.8 Å². The van der Waals surface area contributed by atoms with Gasteiger partial charge in [-0.15, -0.1) is 0 Å². The maximum absolute atomic E-state index is 12.9. The van der Waals surface area contributed by atoms with E-state index in [1.807, 2.05) is 34.6 Å². The molecule has 0 aromatic rings. The summed E-state index contributed by atoms with van der Waals surface area (Å²) in [6, 6.07) is 2.62. The van der Waals surface area contributed by atoms with Crippen LogP contribution in [0, 0.1) is 0 Å². The topological polar surface area (TPSA) is 65.1 Å². The lowest BCUT2D eigenvalue weighted by Gasteiger charge is -2.40. The second-order valence-corrected chi connectivity index (χ2v) is 13.2. The lowest BCUT2D eigenvalue weighted by Crippen LogP contribution is -2.56. The molecule has 0 spiro atoms. The van der Waals surface area contributed by atoms with Crippen LogP contribution in [0.25, 0.3) is 0 Å². The van der Waals surface area contributed by atoms with Gasteiger partial charge in [-0.25, -0.2) is 4.79 Å². The first-order chi connectivity index (χ1) is 11.9. The summed E-state index contributed by atoms with van der Waals surface area (Å²) in [4.78, 5) is 25.8. The molecule has 0 aliphatic carbocycles. The molecule has 6 nitrogen and oxygen atoms in total. The Bertz CT molecular complexity index is 477. The summed E-state index contributed by atoms with van der Waals surface area (Å²) in [5.74, 6) is 0. The Labute approximate surface area is 159 Å². The molecular weight excluding hydrogens is 350 g/mol. The van der Waals surface area contributed by atoms with Gasteiger partial charge in [0.05, 0.1) is 18.8 Å². The van der Waals surface area contributed by atoms with Crippen LogP contribution in [-0.4, -0.2) is 55.7 Å². The Kier molecular flexibility index (Phi) is 7.86. The van der Waals surface area contributed by atoms with E-state index in [0.29, 0.717) is 6.61 Å². The zero-order valence-electron chi connectivity index (χ0n) is 17.8. The van der Waals surface area contributed by atoms with E-state index in [-0.39, 0.29) is 18.6 Å². The third kappa shape index (κ3) is 5.54. The van der Waals surface area contributed by atoms with Crippen LogP contribution in [0.5, 0.6) is 0 Å². The molecule has 1 saturated heterocycles. The molecule has 2 atom stereocenters. The summed E-state index contributed by atoms with van der Waals surface area (Å²) in [5.41, 5.74) is -1.40. The summed E-state index contributed by atoms with van der Waals surface area (Å²) in [6.45, 7) is 16.0. The van der Waals surface area contributed by atoms with Crippen molar-refractivity contribution in [1.29, 1.82) is 0 Å². The molecular formula is C19H37NO5Si. The number of hydrogen-bond donors (Lipinski definition) is 0. The maximum Gasteiger partial charge on any atom is 0.412 e. The number of rotatable bonds is 8. The highest BCUT2D eigenvalue weighted by Crippen LogP contribution is 2.35. The molecule has 1 heterocycles. The normalized spacial score (nSPS) is 21.5. The second-order valence-electron chi connectivity index (χ2n) is 8.48. The minimum Gasteiger partial charge on any atom is -0.444 e. The SMILES string of the molecule is CC[Si](CC)(CC)O[C@@H](CC=O)[C@@H]1COC(C)(C)N1C(=O)OC(C)(C)C. The highest BCUT2D eigenvalue weighted by Gasteiger charge is 2.50. The monoisotopic (exact) mass is 387 g/mol. The molecule has 0 radical (unpaired) electrons. The molecule has 1 aliphatic heterocycles. The molecule has 0 bridgehead atoms. The number of nitrogens with zero attached hydrogens (tertiary/aromatic N) is 1. The van der Waals surface area contributed by atoms with Gasteiger partial charge in [0.15, 0.2) is 8.32 Å². The van der Waals surface area contributed by atoms with Crippen molar-refractivity contribution in [2.45, 2.75) is 103 Å². The highest BCUT2D eigenvalue weighted by atomic mass is 28.4. The lowest BCUT2D eigenvalue weighted by molar-refractivity contribution is -0.110. The summed E-state index contributed by atoms with van der Waals surface area (Å²) in [5, 5.41) is 0. The minimum absolute atomic E-state index is 0.248. The molecule has 152 valence electrons. The van der Waals surface area contributed by atoms with E-state index in [0.717, 1.165) is 24.4 Å². The van der Waals surface area contributed by atoms with Gasteiger partial charge in [0.2, 0.25) is 0 Å². The molecule has 1 fully saturated rings. The van der Waals surface area contributed by atoms with Gasteiger partial charge in [0.1, 0.15) is 17.6 Å². The van der Waals surface area contributed by atoms with Crippen molar-refractivity contribution in [3.8, 4) is 0 Å². The molecule has 7 heteroatoms. The Balaban J connectivity index is 3.14. The number of carbonyl (C=O) groups excluding carboxylic acids is 2. The van der Waals surface area contributed by atoms with Gasteiger partial charge in [-0.3, -0.25) is 4.90 Å².